The minimum Gasteiger partial charge on any atom is -0.497 e. The highest BCUT2D eigenvalue weighted by Gasteiger charge is 2.37. The molecule has 112 valence electrons. The lowest BCUT2D eigenvalue weighted by Crippen LogP contribution is -2.13. The normalized spacial score (nSPS) is 11.5. The van der Waals surface area contributed by atoms with Gasteiger partial charge in [0.05, 0.1) is 29.1 Å². The first-order chi connectivity index (χ1) is 9.75. The molecule has 0 heterocycles. The van der Waals surface area contributed by atoms with Crippen molar-refractivity contribution < 1.29 is 17.9 Å². The van der Waals surface area contributed by atoms with Crippen molar-refractivity contribution in [2.75, 3.05) is 18.6 Å². The monoisotopic (exact) mass is 316 g/mol. The number of anilines is 2. The molecule has 0 aliphatic heterocycles. The SMILES string of the molecule is COc1ccc(-c2ccc(N)c(N)c2C(F)(F)F)c(Cl)c1. The van der Waals surface area contributed by atoms with Gasteiger partial charge in [0, 0.05) is 5.56 Å². The van der Waals surface area contributed by atoms with Crippen LogP contribution in [0.1, 0.15) is 5.56 Å². The molecular formula is C14H12ClF3N2O. The maximum Gasteiger partial charge on any atom is 0.419 e. The zero-order valence-electron chi connectivity index (χ0n) is 11.0. The van der Waals surface area contributed by atoms with Crippen LogP contribution in [0.25, 0.3) is 11.1 Å². The number of nitrogen functional groups attached to an aromatic ring is 2. The van der Waals surface area contributed by atoms with E-state index in [4.69, 9.17) is 27.8 Å². The number of alkyl halides is 3. The van der Waals surface area contributed by atoms with Gasteiger partial charge in [-0.1, -0.05) is 17.7 Å². The van der Waals surface area contributed by atoms with Crippen LogP contribution in [0.15, 0.2) is 30.3 Å². The molecule has 0 amide bonds. The van der Waals surface area contributed by atoms with Crippen molar-refractivity contribution in [2.24, 2.45) is 0 Å². The van der Waals surface area contributed by atoms with Crippen LogP contribution in [0, 0.1) is 0 Å². The Morgan fingerprint density at radius 3 is 2.19 bits per heavy atom. The van der Waals surface area contributed by atoms with E-state index in [2.05, 4.69) is 0 Å². The summed E-state index contributed by atoms with van der Waals surface area (Å²) >= 11 is 6.04. The van der Waals surface area contributed by atoms with Crippen LogP contribution in [-0.4, -0.2) is 7.11 Å². The third kappa shape index (κ3) is 2.85. The first kappa shape index (κ1) is 15.3. The fourth-order valence-electron chi connectivity index (χ4n) is 2.01. The first-order valence-corrected chi connectivity index (χ1v) is 6.22. The van der Waals surface area contributed by atoms with Crippen molar-refractivity contribution in [3.63, 3.8) is 0 Å². The number of hydrogen-bond acceptors (Lipinski definition) is 3. The molecule has 2 rings (SSSR count). The topological polar surface area (TPSA) is 61.3 Å². The Kier molecular flexibility index (Phi) is 3.91. The average molecular weight is 317 g/mol. The van der Waals surface area contributed by atoms with Gasteiger partial charge in [-0.3, -0.25) is 0 Å². The van der Waals surface area contributed by atoms with Crippen LogP contribution >= 0.6 is 11.6 Å². The lowest BCUT2D eigenvalue weighted by atomic mass is 9.96. The molecule has 0 spiro atoms. The summed E-state index contributed by atoms with van der Waals surface area (Å²) in [5, 5.41) is 0.129. The summed E-state index contributed by atoms with van der Waals surface area (Å²) < 4.78 is 44.7. The molecule has 0 fully saturated rings. The van der Waals surface area contributed by atoms with Crippen LogP contribution in [0.2, 0.25) is 5.02 Å². The minimum atomic E-state index is -4.64. The third-order valence-electron chi connectivity index (χ3n) is 3.03. The Balaban J connectivity index is 2.73. The number of benzene rings is 2. The quantitative estimate of drug-likeness (QED) is 0.816. The number of ether oxygens (including phenoxy) is 1. The number of nitrogens with two attached hydrogens (primary N) is 2. The smallest absolute Gasteiger partial charge is 0.419 e. The van der Waals surface area contributed by atoms with Gasteiger partial charge in [0.15, 0.2) is 0 Å². The van der Waals surface area contributed by atoms with E-state index in [-0.39, 0.29) is 21.8 Å². The predicted molar refractivity (Wildman–Crippen MR) is 77.3 cm³/mol. The van der Waals surface area contributed by atoms with E-state index < -0.39 is 17.4 Å². The van der Waals surface area contributed by atoms with Crippen LogP contribution < -0.4 is 16.2 Å². The summed E-state index contributed by atoms with van der Waals surface area (Å²) in [6, 6.07) is 6.97. The zero-order valence-corrected chi connectivity index (χ0v) is 11.7. The molecule has 0 radical (unpaired) electrons. The molecular weight excluding hydrogens is 305 g/mol. The maximum absolute atomic E-state index is 13.2. The highest BCUT2D eigenvalue weighted by Crippen LogP contribution is 2.44. The summed E-state index contributed by atoms with van der Waals surface area (Å²) in [5.74, 6) is 0.445. The van der Waals surface area contributed by atoms with Crippen LogP contribution in [-0.2, 0) is 6.18 Å². The van der Waals surface area contributed by atoms with Gasteiger partial charge in [0.2, 0.25) is 0 Å². The van der Waals surface area contributed by atoms with E-state index in [0.29, 0.717) is 5.75 Å². The second-order valence-electron chi connectivity index (χ2n) is 4.33. The van der Waals surface area contributed by atoms with Crippen molar-refractivity contribution in [1.29, 1.82) is 0 Å². The molecule has 3 nitrogen and oxygen atoms in total. The van der Waals surface area contributed by atoms with Crippen molar-refractivity contribution in [3.05, 3.63) is 40.9 Å². The van der Waals surface area contributed by atoms with Gasteiger partial charge in [0.25, 0.3) is 0 Å². The van der Waals surface area contributed by atoms with Gasteiger partial charge in [-0.05, 0) is 29.8 Å². The molecule has 0 aromatic heterocycles. The fourth-order valence-corrected chi connectivity index (χ4v) is 2.28. The maximum atomic E-state index is 13.2. The zero-order chi connectivity index (χ0) is 15.8. The number of methoxy groups -OCH3 is 1. The predicted octanol–water partition coefficient (Wildman–Crippen LogP) is 4.20. The summed E-state index contributed by atoms with van der Waals surface area (Å²) in [5.41, 5.74) is 9.42. The summed E-state index contributed by atoms with van der Waals surface area (Å²) in [4.78, 5) is 0. The average Bonchev–Trinajstić information content (AvgIpc) is 2.40. The van der Waals surface area contributed by atoms with Gasteiger partial charge in [-0.15, -0.1) is 0 Å². The molecule has 0 saturated carbocycles. The molecule has 7 heteroatoms. The Morgan fingerprint density at radius 1 is 1.05 bits per heavy atom. The third-order valence-corrected chi connectivity index (χ3v) is 3.34. The lowest BCUT2D eigenvalue weighted by Gasteiger charge is -2.18. The Bertz CT molecular complexity index is 687. The van der Waals surface area contributed by atoms with Gasteiger partial charge >= 0.3 is 6.18 Å². The van der Waals surface area contributed by atoms with E-state index in [0.717, 1.165) is 0 Å². The Hall–Kier alpha value is -2.08. The van der Waals surface area contributed by atoms with Crippen molar-refractivity contribution in [1.82, 2.24) is 0 Å². The first-order valence-electron chi connectivity index (χ1n) is 5.84. The van der Waals surface area contributed by atoms with Crippen LogP contribution in [0.5, 0.6) is 5.75 Å². The molecule has 2 aromatic rings. The molecule has 0 atom stereocenters. The Morgan fingerprint density at radius 2 is 1.67 bits per heavy atom. The molecule has 0 aliphatic carbocycles. The van der Waals surface area contributed by atoms with Crippen molar-refractivity contribution >= 4 is 23.0 Å². The highest BCUT2D eigenvalue weighted by molar-refractivity contribution is 6.33. The van der Waals surface area contributed by atoms with E-state index in [1.165, 1.54) is 37.4 Å². The van der Waals surface area contributed by atoms with Crippen LogP contribution in [0.4, 0.5) is 24.5 Å². The second kappa shape index (κ2) is 5.37. The van der Waals surface area contributed by atoms with Gasteiger partial charge in [-0.25, -0.2) is 0 Å². The molecule has 0 saturated heterocycles. The van der Waals surface area contributed by atoms with Gasteiger partial charge < -0.3 is 16.2 Å². The van der Waals surface area contributed by atoms with Gasteiger partial charge in [0.1, 0.15) is 5.75 Å². The van der Waals surface area contributed by atoms with Crippen molar-refractivity contribution in [2.45, 2.75) is 6.18 Å². The molecule has 2 aromatic carbocycles. The number of rotatable bonds is 2. The standard InChI is InChI=1S/C14H12ClF3N2O/c1-21-7-2-3-8(10(15)6-7)9-4-5-11(19)13(20)12(9)14(16,17)18/h2-6H,19-20H2,1H3. The molecule has 21 heavy (non-hydrogen) atoms. The largest absolute Gasteiger partial charge is 0.497 e. The molecule has 4 N–H and O–H groups in total. The van der Waals surface area contributed by atoms with Crippen LogP contribution in [0.3, 0.4) is 0 Å². The number of hydrogen-bond donors (Lipinski definition) is 2. The summed E-state index contributed by atoms with van der Waals surface area (Å²) in [6.07, 6.45) is -4.64. The Labute approximate surface area is 124 Å². The van der Waals surface area contributed by atoms with E-state index in [9.17, 15) is 13.2 Å². The fraction of sp³-hybridized carbons (Fsp3) is 0.143. The molecule has 0 aliphatic rings. The summed E-state index contributed by atoms with van der Waals surface area (Å²) in [7, 11) is 1.44. The minimum absolute atomic E-state index is 0.123. The molecule has 0 bridgehead atoms. The van der Waals surface area contributed by atoms with E-state index >= 15 is 0 Å². The molecule has 0 unspecified atom stereocenters. The van der Waals surface area contributed by atoms with E-state index in [1.54, 1.807) is 0 Å². The summed E-state index contributed by atoms with van der Waals surface area (Å²) in [6.45, 7) is 0. The van der Waals surface area contributed by atoms with E-state index in [1.807, 2.05) is 0 Å². The second-order valence-corrected chi connectivity index (χ2v) is 4.74. The highest BCUT2D eigenvalue weighted by atomic mass is 35.5. The lowest BCUT2D eigenvalue weighted by molar-refractivity contribution is -0.136. The van der Waals surface area contributed by atoms with Gasteiger partial charge in [-0.2, -0.15) is 13.2 Å². The number of halogens is 4. The van der Waals surface area contributed by atoms with Crippen molar-refractivity contribution in [3.8, 4) is 16.9 Å².